The molecule has 0 aromatic rings. The van der Waals surface area contributed by atoms with Gasteiger partial charge in [-0.15, -0.1) is 0 Å². The summed E-state index contributed by atoms with van der Waals surface area (Å²) in [4.78, 5) is 0. The molecule has 29 heavy (non-hydrogen) atoms. The van der Waals surface area contributed by atoms with E-state index in [0.717, 1.165) is 23.9 Å². The molecule has 3 nitrogen and oxygen atoms in total. The molecule has 0 N–H and O–H groups in total. The molecule has 0 aliphatic rings. The molecular formula is C25H56NO2Si+. The van der Waals surface area contributed by atoms with E-state index in [0.29, 0.717) is 0 Å². The molecule has 1 unspecified atom stereocenters. The van der Waals surface area contributed by atoms with Gasteiger partial charge in [-0.3, -0.25) is 0 Å². The Morgan fingerprint density at radius 2 is 0.931 bits per heavy atom. The smallest absolute Gasteiger partial charge is 0.380 e. The highest BCUT2D eigenvalue weighted by Crippen LogP contribution is 2.15. The molecule has 176 valence electrons. The van der Waals surface area contributed by atoms with Crippen molar-refractivity contribution < 1.29 is 13.3 Å². The summed E-state index contributed by atoms with van der Waals surface area (Å²) in [5.74, 6) is 0. The van der Waals surface area contributed by atoms with Gasteiger partial charge >= 0.3 is 9.28 Å². The van der Waals surface area contributed by atoms with Crippen LogP contribution in [0.5, 0.6) is 0 Å². The van der Waals surface area contributed by atoms with Gasteiger partial charge in [0, 0.05) is 13.2 Å². The molecule has 0 saturated heterocycles. The summed E-state index contributed by atoms with van der Waals surface area (Å²) in [6.45, 7) is 12.9. The van der Waals surface area contributed by atoms with Gasteiger partial charge in [0.05, 0.1) is 20.1 Å². The fraction of sp³-hybridized carbons (Fsp3) is 1.00. The normalized spacial score (nSPS) is 13.9. The van der Waals surface area contributed by atoms with Crippen molar-refractivity contribution in [3.63, 3.8) is 0 Å². The number of nitrogens with zero attached hydrogens (tertiary/aromatic N) is 1. The van der Waals surface area contributed by atoms with E-state index in [-0.39, 0.29) is 0 Å². The molecule has 0 heterocycles. The molecule has 0 amide bonds. The first-order chi connectivity index (χ1) is 14.1. The summed E-state index contributed by atoms with van der Waals surface area (Å²) >= 11 is 0. The summed E-state index contributed by atoms with van der Waals surface area (Å²) < 4.78 is 13.0. The molecule has 0 spiro atoms. The van der Waals surface area contributed by atoms with Crippen molar-refractivity contribution in [3.05, 3.63) is 0 Å². The van der Waals surface area contributed by atoms with Crippen LogP contribution in [0.2, 0.25) is 0 Å². The van der Waals surface area contributed by atoms with E-state index in [4.69, 9.17) is 8.85 Å². The molecule has 4 heteroatoms. The van der Waals surface area contributed by atoms with Crippen molar-refractivity contribution in [1.82, 2.24) is 0 Å². The Balaban J connectivity index is 3.73. The zero-order valence-electron chi connectivity index (χ0n) is 21.0. The highest BCUT2D eigenvalue weighted by molar-refractivity contribution is 6.44. The van der Waals surface area contributed by atoms with Gasteiger partial charge < -0.3 is 13.3 Å². The molecule has 0 rings (SSSR count). The number of rotatable bonds is 23. The minimum Gasteiger partial charge on any atom is -0.394 e. The van der Waals surface area contributed by atoms with Gasteiger partial charge in [0.15, 0.2) is 0 Å². The van der Waals surface area contributed by atoms with Crippen LogP contribution in [0.3, 0.4) is 0 Å². The third-order valence-electron chi connectivity index (χ3n) is 6.11. The topological polar surface area (TPSA) is 18.5 Å². The molecule has 0 bridgehead atoms. The summed E-state index contributed by atoms with van der Waals surface area (Å²) in [5, 5.41) is 0. The first-order valence-corrected chi connectivity index (χ1v) is 14.9. The van der Waals surface area contributed by atoms with E-state index in [1.807, 2.05) is 0 Å². The van der Waals surface area contributed by atoms with Gasteiger partial charge in [0.1, 0.15) is 6.17 Å². The molecule has 0 radical (unpaired) electrons. The Hall–Kier alpha value is 0.0969. The van der Waals surface area contributed by atoms with Gasteiger partial charge in [0.2, 0.25) is 0 Å². The molecule has 0 aromatic carbocycles. The molecule has 0 aliphatic carbocycles. The second-order valence-electron chi connectivity index (χ2n) is 9.19. The highest BCUT2D eigenvalue weighted by Gasteiger charge is 2.28. The predicted molar refractivity (Wildman–Crippen MR) is 132 cm³/mol. The highest BCUT2D eigenvalue weighted by atomic mass is 28.3. The maximum Gasteiger partial charge on any atom is 0.380 e. The van der Waals surface area contributed by atoms with E-state index in [1.54, 1.807) is 0 Å². The van der Waals surface area contributed by atoms with Crippen molar-refractivity contribution in [2.75, 3.05) is 39.5 Å². The average molecular weight is 431 g/mol. The minimum atomic E-state index is -1.51. The Bertz CT molecular complexity index is 324. The van der Waals surface area contributed by atoms with Crippen LogP contribution >= 0.6 is 0 Å². The quantitative estimate of drug-likeness (QED) is 0.0972. The number of quaternary nitrogens is 1. The van der Waals surface area contributed by atoms with E-state index < -0.39 is 9.28 Å². The van der Waals surface area contributed by atoms with E-state index in [1.165, 1.54) is 109 Å². The third kappa shape index (κ3) is 18.6. The zero-order valence-corrected chi connectivity index (χ0v) is 22.1. The van der Waals surface area contributed by atoms with Gasteiger partial charge in [-0.05, 0) is 33.1 Å². The summed E-state index contributed by atoms with van der Waals surface area (Å²) in [7, 11) is 0.909. The molecule has 1 atom stereocenters. The van der Waals surface area contributed by atoms with Crippen molar-refractivity contribution in [2.45, 2.75) is 124 Å². The molecule has 0 fully saturated rings. The molecular weight excluding hydrogens is 374 g/mol. The molecule has 0 saturated carbocycles. The van der Waals surface area contributed by atoms with Gasteiger partial charge in [0.25, 0.3) is 0 Å². The van der Waals surface area contributed by atoms with E-state index >= 15 is 0 Å². The lowest BCUT2D eigenvalue weighted by atomic mass is 10.0. The zero-order chi connectivity index (χ0) is 21.6. The second-order valence-corrected chi connectivity index (χ2v) is 11.1. The van der Waals surface area contributed by atoms with Crippen molar-refractivity contribution in [2.24, 2.45) is 0 Å². The standard InChI is InChI=1S/C25H56NO2Si/c1-6-10-11-12-13-14-15-16-17-18-19-20-21-22-24-26(5,23-7-2)25-29(27-8-3)28-9-4/h29H,6-25H2,1-5H3/q+1. The maximum atomic E-state index is 5.95. The lowest BCUT2D eigenvalue weighted by Crippen LogP contribution is -2.53. The van der Waals surface area contributed by atoms with Crippen molar-refractivity contribution in [1.29, 1.82) is 0 Å². The Kier molecular flexibility index (Phi) is 21.4. The fourth-order valence-electron chi connectivity index (χ4n) is 4.41. The van der Waals surface area contributed by atoms with Crippen LogP contribution in [0.15, 0.2) is 0 Å². The lowest BCUT2D eigenvalue weighted by molar-refractivity contribution is -0.901. The third-order valence-corrected chi connectivity index (χ3v) is 8.70. The SMILES string of the molecule is CCCCCCCCCCCCCCCC[N+](C)(CCC)C[SiH](OCC)OCC. The minimum absolute atomic E-state index is 0.794. The first kappa shape index (κ1) is 29.1. The maximum absolute atomic E-state index is 5.95. The summed E-state index contributed by atoms with van der Waals surface area (Å²) in [6.07, 6.45) is 22.4. The van der Waals surface area contributed by atoms with Crippen LogP contribution in [0.4, 0.5) is 0 Å². The first-order valence-electron chi connectivity index (χ1n) is 13.2. The Labute approximate surface area is 186 Å². The number of unbranched alkanes of at least 4 members (excludes halogenated alkanes) is 13. The van der Waals surface area contributed by atoms with Gasteiger partial charge in [-0.25, -0.2) is 0 Å². The Morgan fingerprint density at radius 3 is 1.31 bits per heavy atom. The van der Waals surface area contributed by atoms with Crippen LogP contribution in [-0.4, -0.2) is 53.3 Å². The van der Waals surface area contributed by atoms with Crippen LogP contribution in [0, 0.1) is 0 Å². The largest absolute Gasteiger partial charge is 0.394 e. The van der Waals surface area contributed by atoms with E-state index in [9.17, 15) is 0 Å². The van der Waals surface area contributed by atoms with Crippen LogP contribution in [0.1, 0.15) is 124 Å². The molecule has 0 aliphatic heterocycles. The average Bonchev–Trinajstić information content (AvgIpc) is 2.69. The van der Waals surface area contributed by atoms with E-state index in [2.05, 4.69) is 34.7 Å². The summed E-state index contributed by atoms with van der Waals surface area (Å²) in [6, 6.07) is 0. The summed E-state index contributed by atoms with van der Waals surface area (Å²) in [5.41, 5.74) is 0. The van der Waals surface area contributed by atoms with Crippen molar-refractivity contribution >= 4 is 9.28 Å². The second kappa shape index (κ2) is 21.3. The number of hydrogen-bond acceptors (Lipinski definition) is 2. The molecule has 0 aromatic heterocycles. The van der Waals surface area contributed by atoms with Gasteiger partial charge in [-0.2, -0.15) is 0 Å². The van der Waals surface area contributed by atoms with Gasteiger partial charge in [-0.1, -0.05) is 90.9 Å². The van der Waals surface area contributed by atoms with Crippen LogP contribution < -0.4 is 0 Å². The number of hydrogen-bond donors (Lipinski definition) is 0. The van der Waals surface area contributed by atoms with Crippen molar-refractivity contribution in [3.8, 4) is 0 Å². The monoisotopic (exact) mass is 430 g/mol. The lowest BCUT2D eigenvalue weighted by Gasteiger charge is -2.36. The predicted octanol–water partition coefficient (Wildman–Crippen LogP) is 7.16. The Morgan fingerprint density at radius 1 is 0.517 bits per heavy atom. The van der Waals surface area contributed by atoms with Crippen LogP contribution in [-0.2, 0) is 8.85 Å². The fourth-order valence-corrected chi connectivity index (χ4v) is 6.54. The van der Waals surface area contributed by atoms with Crippen LogP contribution in [0.25, 0.3) is 0 Å².